The van der Waals surface area contributed by atoms with Gasteiger partial charge in [0.2, 0.25) is 5.91 Å². The van der Waals surface area contributed by atoms with Crippen LogP contribution in [0.3, 0.4) is 0 Å². The first-order valence-electron chi connectivity index (χ1n) is 11.7. The zero-order valence-corrected chi connectivity index (χ0v) is 20.8. The number of benzene rings is 1. The molecule has 1 aromatic rings. The zero-order valence-electron chi connectivity index (χ0n) is 20.0. The van der Waals surface area contributed by atoms with Gasteiger partial charge < -0.3 is 24.6 Å². The summed E-state index contributed by atoms with van der Waals surface area (Å²) in [5.74, 6) is 0.265. The van der Waals surface area contributed by atoms with E-state index in [1.165, 1.54) is 38.1 Å². The number of ether oxygens (including phenoxy) is 2. The molecule has 0 spiro atoms. The third-order valence-corrected chi connectivity index (χ3v) is 7.27. The van der Waals surface area contributed by atoms with E-state index in [-0.39, 0.29) is 12.3 Å². The molecule has 3 aliphatic heterocycles. The van der Waals surface area contributed by atoms with Crippen LogP contribution in [0.4, 0.5) is 0 Å². The van der Waals surface area contributed by atoms with Gasteiger partial charge in [0.25, 0.3) is 0 Å². The fourth-order valence-electron chi connectivity index (χ4n) is 4.61. The number of rotatable bonds is 8. The third-order valence-electron chi connectivity index (χ3n) is 6.38. The van der Waals surface area contributed by atoms with Crippen LogP contribution in [0.1, 0.15) is 44.2 Å². The maximum absolute atomic E-state index is 12.8. The van der Waals surface area contributed by atoms with Crippen molar-refractivity contribution in [2.75, 3.05) is 40.4 Å². The van der Waals surface area contributed by atoms with Crippen molar-refractivity contribution in [3.05, 3.63) is 52.2 Å². The Hall–Kier alpha value is -2.78. The number of amides is 1. The molecule has 8 nitrogen and oxygen atoms in total. The lowest BCUT2D eigenvalue weighted by Gasteiger charge is -2.36. The van der Waals surface area contributed by atoms with E-state index >= 15 is 0 Å². The summed E-state index contributed by atoms with van der Waals surface area (Å²) in [5, 5.41) is 5.76. The highest BCUT2D eigenvalue weighted by molar-refractivity contribution is 8.16. The second-order valence-electron chi connectivity index (χ2n) is 8.59. The number of carbonyl (C=O) groups excluding carboxylic acids is 2. The molecule has 4 rings (SSSR count). The summed E-state index contributed by atoms with van der Waals surface area (Å²) in [6.45, 7) is 5.54. The van der Waals surface area contributed by atoms with Crippen molar-refractivity contribution in [3.8, 4) is 5.75 Å². The van der Waals surface area contributed by atoms with Crippen molar-refractivity contribution in [2.24, 2.45) is 4.99 Å². The zero-order chi connectivity index (χ0) is 24.1. The SMILES string of the molecule is COC(=O)C1=C(C)N=C2SC=C(CC(=O)NCCN3CCCCC3)N2C1c1ccc(OC)cc1. The highest BCUT2D eigenvalue weighted by Gasteiger charge is 2.40. The van der Waals surface area contributed by atoms with Gasteiger partial charge in [0.1, 0.15) is 5.75 Å². The predicted molar refractivity (Wildman–Crippen MR) is 133 cm³/mol. The Morgan fingerprint density at radius 3 is 2.56 bits per heavy atom. The third kappa shape index (κ3) is 5.31. The minimum Gasteiger partial charge on any atom is -0.497 e. The van der Waals surface area contributed by atoms with Crippen LogP contribution >= 0.6 is 11.8 Å². The van der Waals surface area contributed by atoms with Crippen molar-refractivity contribution in [1.82, 2.24) is 15.1 Å². The average molecular weight is 485 g/mol. The van der Waals surface area contributed by atoms with Gasteiger partial charge >= 0.3 is 5.97 Å². The summed E-state index contributed by atoms with van der Waals surface area (Å²) in [7, 11) is 2.99. The van der Waals surface area contributed by atoms with Crippen LogP contribution in [0.5, 0.6) is 5.75 Å². The summed E-state index contributed by atoms with van der Waals surface area (Å²) in [4.78, 5) is 34.6. The number of amidine groups is 1. The van der Waals surface area contributed by atoms with Crippen LogP contribution in [0, 0.1) is 0 Å². The molecular weight excluding hydrogens is 452 g/mol. The molecule has 1 N–H and O–H groups in total. The molecule has 0 aromatic heterocycles. The van der Waals surface area contributed by atoms with Crippen LogP contribution < -0.4 is 10.1 Å². The number of piperidine rings is 1. The number of thioether (sulfide) groups is 1. The molecule has 0 radical (unpaired) electrons. The van der Waals surface area contributed by atoms with Gasteiger partial charge in [-0.05, 0) is 56.0 Å². The monoisotopic (exact) mass is 484 g/mol. The quantitative estimate of drug-likeness (QED) is 0.566. The fraction of sp³-hybridized carbons (Fsp3) is 0.480. The Bertz CT molecular complexity index is 1010. The molecule has 0 aliphatic carbocycles. The van der Waals surface area contributed by atoms with Crippen molar-refractivity contribution in [1.29, 1.82) is 0 Å². The Morgan fingerprint density at radius 1 is 1.15 bits per heavy atom. The van der Waals surface area contributed by atoms with Gasteiger partial charge in [-0.1, -0.05) is 30.3 Å². The number of aliphatic imine (C=N–C) groups is 1. The molecular formula is C25H32N4O4S. The number of likely N-dealkylation sites (tertiary alicyclic amines) is 1. The molecule has 9 heteroatoms. The number of esters is 1. The average Bonchev–Trinajstić information content (AvgIpc) is 3.25. The normalized spacial score (nSPS) is 20.4. The molecule has 1 amide bonds. The smallest absolute Gasteiger partial charge is 0.338 e. The van der Waals surface area contributed by atoms with Crippen molar-refractivity contribution in [3.63, 3.8) is 0 Å². The number of hydrogen-bond acceptors (Lipinski definition) is 8. The number of hydrogen-bond donors (Lipinski definition) is 1. The van der Waals surface area contributed by atoms with Crippen molar-refractivity contribution < 1.29 is 19.1 Å². The van der Waals surface area contributed by atoms with Gasteiger partial charge in [-0.25, -0.2) is 9.79 Å². The largest absolute Gasteiger partial charge is 0.497 e. The lowest BCUT2D eigenvalue weighted by Crippen LogP contribution is -2.39. The van der Waals surface area contributed by atoms with E-state index in [1.54, 1.807) is 7.11 Å². The minimum atomic E-state index is -0.437. The van der Waals surface area contributed by atoms with Crippen molar-refractivity contribution >= 4 is 28.8 Å². The van der Waals surface area contributed by atoms with E-state index in [2.05, 4.69) is 15.2 Å². The van der Waals surface area contributed by atoms with Gasteiger partial charge in [-0.15, -0.1) is 0 Å². The molecule has 1 atom stereocenters. The lowest BCUT2D eigenvalue weighted by atomic mass is 9.94. The van der Waals surface area contributed by atoms with E-state index in [0.29, 0.717) is 17.8 Å². The second kappa shape index (κ2) is 11.1. The number of allylic oxidation sites excluding steroid dienone is 1. The van der Waals surface area contributed by atoms with Crippen LogP contribution in [0.2, 0.25) is 0 Å². The second-order valence-corrected chi connectivity index (χ2v) is 9.42. The van der Waals surface area contributed by atoms with E-state index in [9.17, 15) is 9.59 Å². The number of nitrogens with zero attached hydrogens (tertiary/aromatic N) is 3. The topological polar surface area (TPSA) is 83.5 Å². The Morgan fingerprint density at radius 2 is 1.88 bits per heavy atom. The number of methoxy groups -OCH3 is 2. The first-order chi connectivity index (χ1) is 16.5. The standard InChI is InChI=1S/C25H32N4O4S/c1-17-22(24(31)33-3)23(18-7-9-20(32-2)10-8-18)29-19(16-34-25(29)27-17)15-21(30)26-11-14-28-12-5-4-6-13-28/h7-10,16,23H,4-6,11-15H2,1-3H3,(H,26,30). The maximum atomic E-state index is 12.8. The number of fused-ring (bicyclic) bond motifs is 1. The summed E-state index contributed by atoms with van der Waals surface area (Å²) < 4.78 is 10.4. The molecule has 3 aliphatic rings. The number of carbonyl (C=O) groups is 2. The Kier molecular flexibility index (Phi) is 7.95. The molecule has 1 aromatic carbocycles. The highest BCUT2D eigenvalue weighted by Crippen LogP contribution is 2.45. The minimum absolute atomic E-state index is 0.0375. The maximum Gasteiger partial charge on any atom is 0.338 e. The molecule has 34 heavy (non-hydrogen) atoms. The molecule has 1 saturated heterocycles. The first-order valence-corrected chi connectivity index (χ1v) is 12.6. The van der Waals surface area contributed by atoms with Crippen LogP contribution in [0.15, 0.2) is 51.6 Å². The highest BCUT2D eigenvalue weighted by atomic mass is 32.2. The predicted octanol–water partition coefficient (Wildman–Crippen LogP) is 3.44. The number of nitrogens with one attached hydrogen (secondary N) is 1. The van der Waals surface area contributed by atoms with Crippen molar-refractivity contribution in [2.45, 2.75) is 38.6 Å². The summed E-state index contributed by atoms with van der Waals surface area (Å²) in [6.07, 6.45) is 3.98. The molecule has 182 valence electrons. The van der Waals surface area contributed by atoms with E-state index in [4.69, 9.17) is 9.47 Å². The van der Waals surface area contributed by atoms with Crippen LogP contribution in [-0.4, -0.2) is 67.2 Å². The fourth-order valence-corrected chi connectivity index (χ4v) is 5.57. The Labute approximate surface area is 205 Å². The lowest BCUT2D eigenvalue weighted by molar-refractivity contribution is -0.136. The molecule has 1 fully saturated rings. The van der Waals surface area contributed by atoms with E-state index in [0.717, 1.165) is 41.8 Å². The Balaban J connectivity index is 1.51. The van der Waals surface area contributed by atoms with E-state index < -0.39 is 12.0 Å². The molecule has 0 saturated carbocycles. The van der Waals surface area contributed by atoms with Gasteiger partial charge in [0, 0.05) is 18.8 Å². The van der Waals surface area contributed by atoms with Crippen LogP contribution in [0.25, 0.3) is 0 Å². The molecule has 1 unspecified atom stereocenters. The van der Waals surface area contributed by atoms with Gasteiger partial charge in [-0.3, -0.25) is 4.79 Å². The first kappa shape index (κ1) is 24.3. The molecule has 3 heterocycles. The summed E-state index contributed by atoms with van der Waals surface area (Å²) in [5.41, 5.74) is 2.79. The van der Waals surface area contributed by atoms with Crippen LogP contribution in [-0.2, 0) is 14.3 Å². The summed E-state index contributed by atoms with van der Waals surface area (Å²) in [6, 6.07) is 7.16. The van der Waals surface area contributed by atoms with Gasteiger partial charge in [-0.2, -0.15) is 0 Å². The molecule has 0 bridgehead atoms. The van der Waals surface area contributed by atoms with Gasteiger partial charge in [0.05, 0.1) is 38.0 Å². The summed E-state index contributed by atoms with van der Waals surface area (Å²) >= 11 is 1.47. The van der Waals surface area contributed by atoms with E-state index in [1.807, 2.05) is 41.5 Å². The van der Waals surface area contributed by atoms with Gasteiger partial charge in [0.15, 0.2) is 5.17 Å².